The maximum Gasteiger partial charge on any atom is 0.330 e. The Labute approximate surface area is 136 Å². The molecule has 0 aromatic heterocycles. The lowest BCUT2D eigenvalue weighted by Gasteiger charge is -2.09. The molecule has 0 heterocycles. The SMILES string of the molecule is CCCCCCCCCC(O)CCCC=CC=CC(=O)OC. The molecular weight excluding hydrogens is 276 g/mol. The maximum atomic E-state index is 10.8. The number of ether oxygens (including phenoxy) is 1. The molecule has 3 heteroatoms. The average Bonchev–Trinajstić information content (AvgIpc) is 2.52. The fourth-order valence-electron chi connectivity index (χ4n) is 2.33. The van der Waals surface area contributed by atoms with E-state index in [1.54, 1.807) is 6.08 Å². The van der Waals surface area contributed by atoms with Crippen molar-refractivity contribution in [3.8, 4) is 0 Å². The Hall–Kier alpha value is -1.09. The Bertz CT molecular complexity index is 308. The molecule has 0 radical (unpaired) electrons. The van der Waals surface area contributed by atoms with Crippen molar-refractivity contribution in [1.29, 1.82) is 0 Å². The number of allylic oxidation sites excluding steroid dienone is 3. The van der Waals surface area contributed by atoms with Crippen molar-refractivity contribution >= 4 is 5.97 Å². The van der Waals surface area contributed by atoms with Crippen LogP contribution in [0, 0.1) is 0 Å². The number of aliphatic hydroxyl groups is 1. The van der Waals surface area contributed by atoms with E-state index in [0.717, 1.165) is 32.1 Å². The number of carbonyl (C=O) groups excluding carboxylic acids is 1. The summed E-state index contributed by atoms with van der Waals surface area (Å²) in [5.74, 6) is -0.338. The molecule has 128 valence electrons. The molecule has 22 heavy (non-hydrogen) atoms. The molecule has 0 aliphatic heterocycles. The van der Waals surface area contributed by atoms with Gasteiger partial charge in [-0.05, 0) is 25.7 Å². The predicted molar refractivity (Wildman–Crippen MR) is 92.8 cm³/mol. The summed E-state index contributed by atoms with van der Waals surface area (Å²) >= 11 is 0. The summed E-state index contributed by atoms with van der Waals surface area (Å²) in [5, 5.41) is 9.90. The van der Waals surface area contributed by atoms with Crippen LogP contribution in [0.5, 0.6) is 0 Å². The smallest absolute Gasteiger partial charge is 0.330 e. The third kappa shape index (κ3) is 15.3. The first-order chi connectivity index (χ1) is 10.7. The molecule has 0 rings (SSSR count). The van der Waals surface area contributed by atoms with E-state index in [1.807, 2.05) is 12.2 Å². The highest BCUT2D eigenvalue weighted by molar-refractivity contribution is 5.82. The minimum atomic E-state index is -0.338. The molecule has 1 N–H and O–H groups in total. The lowest BCUT2D eigenvalue weighted by Crippen LogP contribution is -2.05. The first kappa shape index (κ1) is 20.9. The molecule has 0 aromatic carbocycles. The number of esters is 1. The van der Waals surface area contributed by atoms with E-state index in [-0.39, 0.29) is 12.1 Å². The summed E-state index contributed by atoms with van der Waals surface area (Å²) in [5.41, 5.74) is 0. The zero-order valence-electron chi connectivity index (χ0n) is 14.4. The number of hydrogen-bond acceptors (Lipinski definition) is 3. The molecule has 0 fully saturated rings. The Morgan fingerprint density at radius 2 is 1.64 bits per heavy atom. The van der Waals surface area contributed by atoms with Crippen molar-refractivity contribution in [2.75, 3.05) is 7.11 Å². The molecule has 0 aromatic rings. The number of methoxy groups -OCH3 is 1. The van der Waals surface area contributed by atoms with E-state index in [2.05, 4.69) is 11.7 Å². The Morgan fingerprint density at radius 1 is 1.00 bits per heavy atom. The highest BCUT2D eigenvalue weighted by atomic mass is 16.5. The van der Waals surface area contributed by atoms with Crippen LogP contribution in [0.4, 0.5) is 0 Å². The maximum absolute atomic E-state index is 10.8. The number of aliphatic hydroxyl groups excluding tert-OH is 1. The minimum absolute atomic E-state index is 0.158. The molecule has 0 bridgehead atoms. The highest BCUT2D eigenvalue weighted by Gasteiger charge is 2.02. The van der Waals surface area contributed by atoms with Gasteiger partial charge in [0.25, 0.3) is 0 Å². The van der Waals surface area contributed by atoms with Gasteiger partial charge in [-0.15, -0.1) is 0 Å². The molecule has 3 nitrogen and oxygen atoms in total. The van der Waals surface area contributed by atoms with E-state index < -0.39 is 0 Å². The van der Waals surface area contributed by atoms with Crippen LogP contribution >= 0.6 is 0 Å². The van der Waals surface area contributed by atoms with Gasteiger partial charge < -0.3 is 9.84 Å². The van der Waals surface area contributed by atoms with Crippen molar-refractivity contribution < 1.29 is 14.6 Å². The van der Waals surface area contributed by atoms with E-state index in [0.29, 0.717) is 0 Å². The largest absolute Gasteiger partial charge is 0.466 e. The quantitative estimate of drug-likeness (QED) is 0.214. The molecule has 0 amide bonds. The number of rotatable bonds is 14. The second-order valence-corrected chi connectivity index (χ2v) is 5.81. The summed E-state index contributed by atoms with van der Waals surface area (Å²) in [6.07, 6.45) is 19.5. The predicted octanol–water partition coefficient (Wildman–Crippen LogP) is 4.94. The first-order valence-corrected chi connectivity index (χ1v) is 8.80. The second kappa shape index (κ2) is 16.3. The molecular formula is C19H34O3. The molecule has 0 saturated heterocycles. The molecule has 0 aliphatic carbocycles. The minimum Gasteiger partial charge on any atom is -0.466 e. The van der Waals surface area contributed by atoms with Gasteiger partial charge in [-0.25, -0.2) is 4.79 Å². The van der Waals surface area contributed by atoms with Gasteiger partial charge in [-0.1, -0.05) is 70.1 Å². The third-order valence-corrected chi connectivity index (χ3v) is 3.73. The fourth-order valence-corrected chi connectivity index (χ4v) is 2.33. The Kier molecular flexibility index (Phi) is 15.5. The highest BCUT2D eigenvalue weighted by Crippen LogP contribution is 2.12. The van der Waals surface area contributed by atoms with Gasteiger partial charge in [0.15, 0.2) is 0 Å². The number of hydrogen-bond donors (Lipinski definition) is 1. The Morgan fingerprint density at radius 3 is 2.32 bits per heavy atom. The van der Waals surface area contributed by atoms with Crippen molar-refractivity contribution in [3.63, 3.8) is 0 Å². The van der Waals surface area contributed by atoms with Crippen molar-refractivity contribution in [2.45, 2.75) is 83.7 Å². The molecule has 0 aliphatic rings. The molecule has 0 saturated carbocycles. The van der Waals surface area contributed by atoms with Crippen molar-refractivity contribution in [3.05, 3.63) is 24.3 Å². The monoisotopic (exact) mass is 310 g/mol. The summed E-state index contributed by atoms with van der Waals surface area (Å²) in [4.78, 5) is 10.8. The molecule has 1 atom stereocenters. The van der Waals surface area contributed by atoms with Gasteiger partial charge in [-0.3, -0.25) is 0 Å². The van der Waals surface area contributed by atoms with E-state index in [4.69, 9.17) is 0 Å². The van der Waals surface area contributed by atoms with E-state index >= 15 is 0 Å². The summed E-state index contributed by atoms with van der Waals surface area (Å²) in [6, 6.07) is 0. The van der Waals surface area contributed by atoms with Crippen LogP contribution in [0.25, 0.3) is 0 Å². The van der Waals surface area contributed by atoms with Crippen LogP contribution in [0.1, 0.15) is 77.6 Å². The zero-order valence-corrected chi connectivity index (χ0v) is 14.4. The number of unbranched alkanes of at least 4 members (excludes halogenated alkanes) is 7. The van der Waals surface area contributed by atoms with Gasteiger partial charge in [0.1, 0.15) is 0 Å². The van der Waals surface area contributed by atoms with Gasteiger partial charge in [-0.2, -0.15) is 0 Å². The van der Waals surface area contributed by atoms with Crippen LogP contribution < -0.4 is 0 Å². The summed E-state index contributed by atoms with van der Waals surface area (Å²) in [7, 11) is 1.36. The zero-order chi connectivity index (χ0) is 16.5. The second-order valence-electron chi connectivity index (χ2n) is 5.81. The average molecular weight is 310 g/mol. The van der Waals surface area contributed by atoms with Crippen LogP contribution in [-0.4, -0.2) is 24.3 Å². The third-order valence-electron chi connectivity index (χ3n) is 3.73. The van der Waals surface area contributed by atoms with Crippen LogP contribution in [0.15, 0.2) is 24.3 Å². The summed E-state index contributed by atoms with van der Waals surface area (Å²) in [6.45, 7) is 2.24. The normalized spacial score (nSPS) is 13.0. The molecule has 1 unspecified atom stereocenters. The van der Waals surface area contributed by atoms with Gasteiger partial charge in [0, 0.05) is 6.08 Å². The fraction of sp³-hybridized carbons (Fsp3) is 0.737. The topological polar surface area (TPSA) is 46.5 Å². The van der Waals surface area contributed by atoms with Gasteiger partial charge >= 0.3 is 5.97 Å². The van der Waals surface area contributed by atoms with Crippen molar-refractivity contribution in [1.82, 2.24) is 0 Å². The standard InChI is InChI=1S/C19H34O3/c1-3-4-5-6-7-9-12-15-18(20)16-13-10-8-11-14-17-19(21)22-2/h8,11,14,17-18,20H,3-7,9-10,12-13,15-16H2,1-2H3. The van der Waals surface area contributed by atoms with E-state index in [9.17, 15) is 9.90 Å². The summed E-state index contributed by atoms with van der Waals surface area (Å²) < 4.78 is 4.49. The van der Waals surface area contributed by atoms with Crippen LogP contribution in [-0.2, 0) is 9.53 Å². The van der Waals surface area contributed by atoms with E-state index in [1.165, 1.54) is 51.7 Å². The van der Waals surface area contributed by atoms with Gasteiger partial charge in [0.2, 0.25) is 0 Å². The lowest BCUT2D eigenvalue weighted by molar-refractivity contribution is -0.134. The first-order valence-electron chi connectivity index (χ1n) is 8.80. The van der Waals surface area contributed by atoms with Gasteiger partial charge in [0.05, 0.1) is 13.2 Å². The lowest BCUT2D eigenvalue weighted by atomic mass is 10.0. The number of carbonyl (C=O) groups is 1. The van der Waals surface area contributed by atoms with Crippen LogP contribution in [0.3, 0.4) is 0 Å². The van der Waals surface area contributed by atoms with Crippen LogP contribution in [0.2, 0.25) is 0 Å². The molecule has 0 spiro atoms. The Balaban J connectivity index is 3.39. The van der Waals surface area contributed by atoms with Crippen molar-refractivity contribution in [2.24, 2.45) is 0 Å².